The number of guanidine groups is 1. The molecule has 0 aliphatic carbocycles. The fourth-order valence-electron chi connectivity index (χ4n) is 5.02. The Labute approximate surface area is 350 Å². The number of unbranched alkanes of at least 4 members (excludes halogenated alkanes) is 2. The fraction of sp³-hybridized carbons (Fsp3) is 0.615. The van der Waals surface area contributed by atoms with Crippen LogP contribution in [0.25, 0.3) is 0 Å². The number of carbonyl (C=O) groups is 8. The predicted octanol–water partition coefficient (Wildman–Crippen LogP) is -0.236. The Morgan fingerprint density at radius 3 is 1.82 bits per heavy atom. The summed E-state index contributed by atoms with van der Waals surface area (Å²) in [5.74, 6) is -6.12. The first-order valence-electron chi connectivity index (χ1n) is 19.7. The molecular formula is C39H66N10O11. The number of carbonyl (C=O) groups excluding carboxylic acids is 5. The van der Waals surface area contributed by atoms with Crippen LogP contribution in [0.5, 0.6) is 0 Å². The topological polar surface area (TPSA) is 360 Å². The lowest BCUT2D eigenvalue weighted by molar-refractivity contribution is -0.141. The molecule has 3 atom stereocenters. The molecule has 0 bridgehead atoms. The molecule has 0 spiro atoms. The average Bonchev–Trinajstić information content (AvgIpc) is 3.18. The summed E-state index contributed by atoms with van der Waals surface area (Å²) in [4.78, 5) is 102. The number of nitrogens with two attached hydrogens (primary N) is 3. The summed E-state index contributed by atoms with van der Waals surface area (Å²) in [6.45, 7) is 10.2. The van der Waals surface area contributed by atoms with E-state index in [9.17, 15) is 48.6 Å². The van der Waals surface area contributed by atoms with Crippen molar-refractivity contribution in [3.63, 3.8) is 0 Å². The highest BCUT2D eigenvalue weighted by Gasteiger charge is 2.44. The summed E-state index contributed by atoms with van der Waals surface area (Å²) in [6, 6.07) is 3.65. The van der Waals surface area contributed by atoms with Crippen molar-refractivity contribution >= 4 is 53.5 Å². The molecule has 0 heterocycles. The predicted molar refractivity (Wildman–Crippen MR) is 223 cm³/mol. The number of hydrogen-bond acceptors (Lipinski definition) is 10. The second-order valence-electron chi connectivity index (χ2n) is 15.1. The van der Waals surface area contributed by atoms with Crippen molar-refractivity contribution in [2.75, 3.05) is 32.7 Å². The number of carboxylic acids is 3. The number of aliphatic carboxylic acids is 3. The first-order chi connectivity index (χ1) is 28.1. The Kier molecular flexibility index (Phi) is 25.6. The van der Waals surface area contributed by atoms with Crippen LogP contribution in [-0.4, -0.2) is 120 Å². The third-order valence-electron chi connectivity index (χ3n) is 9.55. The van der Waals surface area contributed by atoms with Crippen LogP contribution in [0.15, 0.2) is 35.3 Å². The number of amides is 6. The van der Waals surface area contributed by atoms with Gasteiger partial charge >= 0.3 is 23.9 Å². The van der Waals surface area contributed by atoms with E-state index < -0.39 is 83.5 Å². The molecule has 3 unspecified atom stereocenters. The fourth-order valence-corrected chi connectivity index (χ4v) is 5.02. The summed E-state index contributed by atoms with van der Waals surface area (Å²) in [5, 5.41) is 42.4. The summed E-state index contributed by atoms with van der Waals surface area (Å²) >= 11 is 0. The van der Waals surface area contributed by atoms with Gasteiger partial charge < -0.3 is 64.4 Å². The highest BCUT2D eigenvalue weighted by molar-refractivity contribution is 5.92. The van der Waals surface area contributed by atoms with Crippen LogP contribution in [0.1, 0.15) is 91.5 Å². The van der Waals surface area contributed by atoms with Gasteiger partial charge in [0.05, 0.1) is 12.0 Å². The van der Waals surface area contributed by atoms with Gasteiger partial charge in [-0.3, -0.25) is 29.0 Å². The first-order valence-corrected chi connectivity index (χ1v) is 19.7. The lowest BCUT2D eigenvalue weighted by Crippen LogP contribution is -2.57. The lowest BCUT2D eigenvalue weighted by Gasteiger charge is -2.41. The minimum Gasteiger partial charge on any atom is -0.481 e. The standard InChI is InChI=1S/C35H55N7O11.C4H11N3/c1-34(2,21-39-26(43)15-13-23(30(48)49)41-33(53)42-24(31(50)51)14-16-28(45)46)35(3,4)32(52)40-25(19-22-11-7-5-8-12-22)29(47)38-20-27(44)37-18-10-6-9-17-36;1-2-3-7-4(5)6/h5,7-8,11-12,23-25H,6,9-10,13-21,36H2,1-4H3,(H,37,44)(H,38,47)(H,39,43)(H,40,52)(H,45,46)(H,48,49)(H,50,51)(H2,41,42,53);2-3H2,1H3,(H4,5,6,7). The highest BCUT2D eigenvalue weighted by Crippen LogP contribution is 2.38. The molecule has 1 aromatic carbocycles. The Hall–Kier alpha value is -5.99. The molecule has 21 heteroatoms. The van der Waals surface area contributed by atoms with E-state index in [0.29, 0.717) is 13.1 Å². The molecule has 0 aliphatic rings. The Balaban J connectivity index is 0.00000453. The van der Waals surface area contributed by atoms with Gasteiger partial charge in [0.25, 0.3) is 0 Å². The molecule has 0 aliphatic heterocycles. The van der Waals surface area contributed by atoms with Crippen LogP contribution in [0, 0.1) is 10.8 Å². The summed E-state index contributed by atoms with van der Waals surface area (Å²) in [6.07, 6.45) is 1.90. The first kappa shape index (κ1) is 54.0. The van der Waals surface area contributed by atoms with Crippen LogP contribution in [0.2, 0.25) is 0 Å². The Bertz CT molecular complexity index is 1590. The molecule has 0 saturated carbocycles. The third-order valence-corrected chi connectivity index (χ3v) is 9.55. The molecule has 0 radical (unpaired) electrons. The van der Waals surface area contributed by atoms with Gasteiger partial charge in [0, 0.05) is 38.9 Å². The number of nitrogens with zero attached hydrogens (tertiary/aromatic N) is 1. The van der Waals surface area contributed by atoms with Gasteiger partial charge in [0.1, 0.15) is 18.1 Å². The molecule has 0 saturated heterocycles. The van der Waals surface area contributed by atoms with E-state index in [0.717, 1.165) is 37.8 Å². The molecule has 1 rings (SSSR count). The van der Waals surface area contributed by atoms with Crippen molar-refractivity contribution in [3.05, 3.63) is 35.9 Å². The van der Waals surface area contributed by atoms with E-state index in [4.69, 9.17) is 22.3 Å². The monoisotopic (exact) mass is 850 g/mol. The van der Waals surface area contributed by atoms with Crippen molar-refractivity contribution in [1.29, 1.82) is 0 Å². The summed E-state index contributed by atoms with van der Waals surface area (Å²) in [5.41, 5.74) is 14.2. The zero-order valence-corrected chi connectivity index (χ0v) is 35.3. The zero-order chi connectivity index (χ0) is 45.9. The van der Waals surface area contributed by atoms with E-state index >= 15 is 0 Å². The second kappa shape index (κ2) is 28.4. The molecule has 338 valence electrons. The smallest absolute Gasteiger partial charge is 0.326 e. The lowest BCUT2D eigenvalue weighted by atomic mass is 9.67. The SMILES string of the molecule is CC(C)(CNC(=O)CCC(NC(=O)NC(CCC(=O)O)C(=O)O)C(=O)O)C(C)(C)C(=O)NC(Cc1ccccc1)C(=O)NCC(=O)NCCCCCN.CCCN=C(N)N. The quantitative estimate of drug-likeness (QED) is 0.0309. The van der Waals surface area contributed by atoms with Crippen LogP contribution >= 0.6 is 0 Å². The van der Waals surface area contributed by atoms with Gasteiger partial charge in [0.15, 0.2) is 5.96 Å². The molecule has 0 aromatic heterocycles. The normalized spacial score (nSPS) is 12.4. The van der Waals surface area contributed by atoms with E-state index in [1.54, 1.807) is 52.0 Å². The maximum Gasteiger partial charge on any atom is 0.326 e. The number of nitrogens with one attached hydrogen (secondary N) is 6. The molecule has 6 amide bonds. The van der Waals surface area contributed by atoms with E-state index in [2.05, 4.69) is 31.6 Å². The zero-order valence-electron chi connectivity index (χ0n) is 35.3. The van der Waals surface area contributed by atoms with Crippen molar-refractivity contribution in [3.8, 4) is 0 Å². The third kappa shape index (κ3) is 22.8. The Morgan fingerprint density at radius 2 is 1.32 bits per heavy atom. The van der Waals surface area contributed by atoms with Crippen molar-refractivity contribution in [2.24, 2.45) is 33.0 Å². The number of benzene rings is 1. The molecular weight excluding hydrogens is 784 g/mol. The molecule has 21 nitrogen and oxygen atoms in total. The van der Waals surface area contributed by atoms with Gasteiger partial charge in [-0.2, -0.15) is 0 Å². The average molecular weight is 851 g/mol. The molecule has 60 heavy (non-hydrogen) atoms. The van der Waals surface area contributed by atoms with Gasteiger partial charge in [-0.05, 0) is 49.6 Å². The van der Waals surface area contributed by atoms with E-state index in [1.807, 2.05) is 18.3 Å². The molecule has 1 aromatic rings. The number of rotatable bonds is 27. The van der Waals surface area contributed by atoms with Crippen molar-refractivity contribution in [2.45, 2.75) is 111 Å². The van der Waals surface area contributed by atoms with Gasteiger partial charge in [-0.1, -0.05) is 71.4 Å². The van der Waals surface area contributed by atoms with Gasteiger partial charge in [-0.25, -0.2) is 14.4 Å². The molecule has 0 fully saturated rings. The largest absolute Gasteiger partial charge is 0.481 e. The van der Waals surface area contributed by atoms with Crippen molar-refractivity contribution < 1.29 is 53.7 Å². The minimum absolute atomic E-state index is 0.0389. The van der Waals surface area contributed by atoms with Crippen molar-refractivity contribution in [1.82, 2.24) is 31.9 Å². The molecule has 15 N–H and O–H groups in total. The number of carboxylic acid groups (broad SMARTS) is 3. The maximum atomic E-state index is 13.7. The van der Waals surface area contributed by atoms with Gasteiger partial charge in [-0.15, -0.1) is 0 Å². The number of urea groups is 1. The number of aliphatic imine (C=N–C) groups is 1. The number of hydrogen-bond donors (Lipinski definition) is 12. The second-order valence-corrected chi connectivity index (χ2v) is 15.1. The van der Waals surface area contributed by atoms with Crippen LogP contribution < -0.4 is 49.1 Å². The summed E-state index contributed by atoms with van der Waals surface area (Å²) < 4.78 is 0. The van der Waals surface area contributed by atoms with E-state index in [-0.39, 0.29) is 44.2 Å². The highest BCUT2D eigenvalue weighted by atomic mass is 16.4. The Morgan fingerprint density at radius 1 is 0.733 bits per heavy atom. The van der Waals surface area contributed by atoms with E-state index in [1.165, 1.54) is 0 Å². The van der Waals surface area contributed by atoms with Gasteiger partial charge in [0.2, 0.25) is 23.6 Å². The van der Waals surface area contributed by atoms with Crippen LogP contribution in [-0.2, 0) is 40.0 Å². The summed E-state index contributed by atoms with van der Waals surface area (Å²) in [7, 11) is 0. The van der Waals surface area contributed by atoms with Crippen LogP contribution in [0.4, 0.5) is 4.79 Å². The minimum atomic E-state index is -1.58. The maximum absolute atomic E-state index is 13.7. The van der Waals surface area contributed by atoms with Crippen LogP contribution in [0.3, 0.4) is 0 Å².